The van der Waals surface area contributed by atoms with E-state index >= 15 is 0 Å². The molecule has 0 saturated carbocycles. The van der Waals surface area contributed by atoms with Gasteiger partial charge in [0, 0.05) is 6.42 Å². The molecule has 0 aromatic heterocycles. The topological polar surface area (TPSA) is 69.7 Å². The zero-order chi connectivity index (χ0) is 32.4. The van der Waals surface area contributed by atoms with E-state index in [4.69, 9.17) is 9.47 Å². The number of hydrogen-bond donors (Lipinski definition) is 0. The summed E-state index contributed by atoms with van der Waals surface area (Å²) in [6.45, 7) is 1.80. The highest BCUT2D eigenvalue weighted by atomic mass is 79.9. The number of hydrogen-bond acceptors (Lipinski definition) is 5. The van der Waals surface area contributed by atoms with Crippen LogP contribution in [0.15, 0.2) is 152 Å². The predicted molar refractivity (Wildman–Crippen MR) is 188 cm³/mol. The van der Waals surface area contributed by atoms with Gasteiger partial charge in [-0.25, -0.2) is 4.79 Å². The Bertz CT molecular complexity index is 1600. The van der Waals surface area contributed by atoms with Crippen LogP contribution >= 0.6 is 23.2 Å². The van der Waals surface area contributed by atoms with Gasteiger partial charge in [0.05, 0.1) is 13.0 Å². The molecular weight excluding hydrogens is 739 g/mol. The van der Waals surface area contributed by atoms with Gasteiger partial charge >= 0.3 is 11.9 Å². The number of halogens is 2. The van der Waals surface area contributed by atoms with Gasteiger partial charge in [0.25, 0.3) is 4.07 Å². The molecule has 1 atom stereocenters. The fourth-order valence-electron chi connectivity index (χ4n) is 5.76. The van der Waals surface area contributed by atoms with E-state index in [1.165, 1.54) is 0 Å². The van der Waals surface area contributed by atoms with E-state index in [0.717, 1.165) is 27.0 Å². The lowest BCUT2D eigenvalue weighted by Gasteiger charge is -2.38. The normalized spacial score (nSPS) is 12.3. The third kappa shape index (κ3) is 7.49. The molecule has 0 aliphatic carbocycles. The molecule has 0 heterocycles. The van der Waals surface area contributed by atoms with Gasteiger partial charge < -0.3 is 26.5 Å². The molecule has 0 aliphatic heterocycles. The maximum absolute atomic E-state index is 14.8. The molecule has 0 N–H and O–H groups in total. The van der Waals surface area contributed by atoms with Crippen molar-refractivity contribution in [2.45, 2.75) is 29.9 Å². The number of carbonyl (C=O) groups excluding carboxylic acids is 3. The molecule has 0 amide bonds. The summed E-state index contributed by atoms with van der Waals surface area (Å²) in [6, 6.07) is 47.8. The summed E-state index contributed by atoms with van der Waals surface area (Å²) in [7, 11) is -3.16. The van der Waals surface area contributed by atoms with Crippen LogP contribution < -0.4 is 32.9 Å². The highest BCUT2D eigenvalue weighted by Gasteiger charge is 2.71. The van der Waals surface area contributed by atoms with Crippen molar-refractivity contribution in [2.75, 3.05) is 6.61 Å². The monoisotopic (exact) mass is 772 g/mol. The molecular formula is C39H35Br2O5P. The van der Waals surface area contributed by atoms with E-state index in [1.54, 1.807) is 6.92 Å². The molecule has 0 spiro atoms. The van der Waals surface area contributed by atoms with Gasteiger partial charge in [-0.2, -0.15) is 0 Å². The van der Waals surface area contributed by atoms with Gasteiger partial charge in [0.1, 0.15) is 23.2 Å². The molecule has 47 heavy (non-hydrogen) atoms. The van der Waals surface area contributed by atoms with Crippen molar-refractivity contribution >= 4 is 56.8 Å². The number of esters is 2. The summed E-state index contributed by atoms with van der Waals surface area (Å²) in [5, 5.41) is 2.46. The Morgan fingerprint density at radius 1 is 0.617 bits per heavy atom. The first kappa shape index (κ1) is 35.9. The average Bonchev–Trinajstić information content (AvgIpc) is 3.12. The van der Waals surface area contributed by atoms with Crippen LogP contribution in [0.3, 0.4) is 0 Å². The summed E-state index contributed by atoms with van der Waals surface area (Å²) in [5.74, 6) is -1.69. The Labute approximate surface area is 295 Å². The Morgan fingerprint density at radius 3 is 1.34 bits per heavy atom. The summed E-state index contributed by atoms with van der Waals surface area (Å²) in [4.78, 5) is 42.5. The van der Waals surface area contributed by atoms with E-state index < -0.39 is 35.2 Å². The molecule has 0 aliphatic rings. The van der Waals surface area contributed by atoms with Crippen LogP contribution in [-0.4, -0.2) is 28.4 Å². The van der Waals surface area contributed by atoms with Crippen molar-refractivity contribution in [3.8, 4) is 0 Å². The van der Waals surface area contributed by atoms with Crippen LogP contribution in [0.4, 0.5) is 0 Å². The number of Topliss-reactive ketones (excluding diaryl/α,β-unsaturated/α-hetero) is 1. The molecule has 0 fully saturated rings. The van der Waals surface area contributed by atoms with Crippen LogP contribution in [0.25, 0.3) is 0 Å². The van der Waals surface area contributed by atoms with E-state index in [1.807, 2.05) is 152 Å². The third-order valence-corrected chi connectivity index (χ3v) is 14.8. The Balaban J connectivity index is 0.00000500. The van der Waals surface area contributed by atoms with E-state index in [0.29, 0.717) is 0 Å². The van der Waals surface area contributed by atoms with Crippen molar-refractivity contribution in [1.82, 2.24) is 0 Å². The number of benzene rings is 5. The molecule has 1 unspecified atom stereocenters. The van der Waals surface area contributed by atoms with Crippen LogP contribution in [0.5, 0.6) is 0 Å². The molecule has 8 heteroatoms. The lowest BCUT2D eigenvalue weighted by molar-refractivity contribution is -0.150. The van der Waals surface area contributed by atoms with Gasteiger partial charge in [-0.05, 0) is 70.4 Å². The van der Waals surface area contributed by atoms with Gasteiger partial charge in [-0.1, -0.05) is 115 Å². The summed E-state index contributed by atoms with van der Waals surface area (Å²) < 4.78 is 9.88. The van der Waals surface area contributed by atoms with Crippen LogP contribution in [0, 0.1) is 0 Å². The van der Waals surface area contributed by atoms with Crippen molar-refractivity contribution < 1.29 is 40.8 Å². The maximum atomic E-state index is 14.8. The quantitative estimate of drug-likeness (QED) is 0.0773. The van der Waals surface area contributed by atoms with Crippen LogP contribution in [0.2, 0.25) is 0 Å². The number of carbonyl (C=O) groups is 3. The minimum Gasteiger partial charge on any atom is -1.00 e. The second-order valence-electron chi connectivity index (χ2n) is 10.6. The zero-order valence-electron chi connectivity index (χ0n) is 25.9. The Morgan fingerprint density at radius 2 is 0.979 bits per heavy atom. The molecule has 5 nitrogen and oxygen atoms in total. The number of ketones is 1. The lowest BCUT2D eigenvalue weighted by atomic mass is 10.0. The van der Waals surface area contributed by atoms with Crippen molar-refractivity contribution in [2.24, 2.45) is 0 Å². The summed E-state index contributed by atoms with van der Waals surface area (Å²) in [5.41, 5.74) is 1.63. The molecule has 5 aromatic carbocycles. The standard InChI is InChI=1S/C39H35BrO5P.BrH/c1-2-44-38(43)39(40,35(41)28-29-36(42)45-37(30-18-8-3-9-19-30)31-20-10-4-11-21-31)46(32-22-12-5-13-23-32,33-24-14-6-15-25-33)34-26-16-7-17-27-34;/h3-27,37H,2,28-29H2,1H3;1H/q+1;/p-1. The number of ether oxygens (including phenoxy) is 2. The van der Waals surface area contributed by atoms with E-state index in [-0.39, 0.29) is 36.4 Å². The van der Waals surface area contributed by atoms with Gasteiger partial charge in [0.15, 0.2) is 11.9 Å². The number of rotatable bonds is 13. The minimum absolute atomic E-state index is 0. The van der Waals surface area contributed by atoms with Crippen molar-refractivity contribution in [3.63, 3.8) is 0 Å². The number of alkyl halides is 1. The van der Waals surface area contributed by atoms with Crippen LogP contribution in [0.1, 0.15) is 37.0 Å². The van der Waals surface area contributed by atoms with Crippen molar-refractivity contribution in [3.05, 3.63) is 163 Å². The molecule has 0 saturated heterocycles. The fraction of sp³-hybridized carbons (Fsp3) is 0.154. The van der Waals surface area contributed by atoms with E-state index in [9.17, 15) is 14.4 Å². The Kier molecular flexibility index (Phi) is 12.8. The average molecular weight is 774 g/mol. The Hall–Kier alpha value is -3.90. The largest absolute Gasteiger partial charge is 1.00 e. The smallest absolute Gasteiger partial charge is 0.370 e. The first-order valence-corrected chi connectivity index (χ1v) is 17.8. The SMILES string of the molecule is CCOC(=O)C(Br)(C(=O)CCC(=O)OC(c1ccccc1)c1ccccc1)[P+](c1ccccc1)(c1ccccc1)c1ccccc1.[Br-]. The second-order valence-corrected chi connectivity index (χ2v) is 16.0. The van der Waals surface area contributed by atoms with E-state index in [2.05, 4.69) is 15.9 Å². The molecule has 5 aromatic rings. The predicted octanol–water partition coefficient (Wildman–Crippen LogP) is 4.32. The lowest BCUT2D eigenvalue weighted by Crippen LogP contribution is -3.00. The van der Waals surface area contributed by atoms with Crippen molar-refractivity contribution in [1.29, 1.82) is 0 Å². The summed E-state index contributed by atoms with van der Waals surface area (Å²) >= 11 is 3.80. The molecule has 240 valence electrons. The molecule has 0 radical (unpaired) electrons. The third-order valence-electron chi connectivity index (χ3n) is 7.82. The van der Waals surface area contributed by atoms with Gasteiger partial charge in [-0.15, -0.1) is 0 Å². The second kappa shape index (κ2) is 16.8. The first-order valence-electron chi connectivity index (χ1n) is 15.2. The molecule has 5 rings (SSSR count). The maximum Gasteiger partial charge on any atom is 0.370 e. The minimum atomic E-state index is -3.16. The zero-order valence-corrected chi connectivity index (χ0v) is 29.9. The van der Waals surface area contributed by atoms with Gasteiger partial charge in [0.2, 0.25) is 0 Å². The fourth-order valence-corrected chi connectivity index (χ4v) is 12.6. The van der Waals surface area contributed by atoms with Gasteiger partial charge in [-0.3, -0.25) is 9.59 Å². The highest BCUT2D eigenvalue weighted by molar-refractivity contribution is 9.12. The first-order chi connectivity index (χ1) is 22.4. The highest BCUT2D eigenvalue weighted by Crippen LogP contribution is 2.69. The summed E-state index contributed by atoms with van der Waals surface area (Å²) in [6.07, 6.45) is -1.11. The van der Waals surface area contributed by atoms with Crippen LogP contribution in [-0.2, 0) is 23.9 Å². The molecule has 0 bridgehead atoms.